The highest BCUT2D eigenvalue weighted by atomic mass is 32.1. The molecule has 0 aliphatic carbocycles. The lowest BCUT2D eigenvalue weighted by Crippen LogP contribution is -2.13. The Kier molecular flexibility index (Phi) is 4.06. The highest BCUT2D eigenvalue weighted by molar-refractivity contribution is 7.08. The molecule has 0 fully saturated rings. The maximum atomic E-state index is 13.2. The van der Waals surface area contributed by atoms with Gasteiger partial charge in [0.15, 0.2) is 0 Å². The van der Waals surface area contributed by atoms with Crippen LogP contribution in [-0.2, 0) is 6.42 Å². The molecule has 19 heavy (non-hydrogen) atoms. The quantitative estimate of drug-likeness (QED) is 0.843. The second kappa shape index (κ2) is 5.75. The second-order valence-electron chi connectivity index (χ2n) is 4.03. The van der Waals surface area contributed by atoms with Gasteiger partial charge in [-0.2, -0.15) is 0 Å². The first-order valence-corrected chi connectivity index (χ1v) is 6.56. The zero-order valence-corrected chi connectivity index (χ0v) is 11.1. The van der Waals surface area contributed by atoms with E-state index >= 15 is 0 Å². The number of nitrogens with zero attached hydrogens (tertiary/aromatic N) is 2. The second-order valence-corrected chi connectivity index (χ2v) is 4.78. The Morgan fingerprint density at radius 1 is 1.47 bits per heavy atom. The Morgan fingerprint density at radius 2 is 2.26 bits per heavy atom. The maximum Gasteiger partial charge on any atom is 0.269 e. The first-order chi connectivity index (χ1) is 9.10. The molecule has 0 radical (unpaired) electrons. The van der Waals surface area contributed by atoms with Gasteiger partial charge < -0.3 is 11.1 Å². The van der Waals surface area contributed by atoms with E-state index in [1.807, 2.05) is 6.92 Å². The number of aromatic nitrogens is 2. The monoisotopic (exact) mass is 280 g/mol. The van der Waals surface area contributed by atoms with Gasteiger partial charge in [0.1, 0.15) is 10.7 Å². The molecular formula is C12H13FN4OS. The molecule has 3 N–H and O–H groups in total. The number of nitrogen functional groups attached to an aromatic ring is 1. The van der Waals surface area contributed by atoms with Gasteiger partial charge in [-0.1, -0.05) is 17.8 Å². The molecule has 1 aromatic heterocycles. The molecule has 0 bridgehead atoms. The summed E-state index contributed by atoms with van der Waals surface area (Å²) in [5.74, 6) is -0.838. The van der Waals surface area contributed by atoms with E-state index in [1.54, 1.807) is 0 Å². The van der Waals surface area contributed by atoms with Crippen LogP contribution in [0.1, 0.15) is 28.7 Å². The number of hydrogen-bond acceptors (Lipinski definition) is 5. The number of anilines is 2. The minimum atomic E-state index is -0.494. The number of nitrogens with one attached hydrogen (secondary N) is 1. The van der Waals surface area contributed by atoms with Gasteiger partial charge in [0.25, 0.3) is 5.91 Å². The fourth-order valence-electron chi connectivity index (χ4n) is 1.65. The Hall–Kier alpha value is -2.02. The van der Waals surface area contributed by atoms with Crippen molar-refractivity contribution >= 4 is 28.8 Å². The normalized spacial score (nSPS) is 10.4. The summed E-state index contributed by atoms with van der Waals surface area (Å²) in [5, 5.41) is 6.51. The van der Waals surface area contributed by atoms with Gasteiger partial charge in [-0.25, -0.2) is 4.39 Å². The molecule has 100 valence electrons. The third-order valence-electron chi connectivity index (χ3n) is 2.43. The molecule has 2 rings (SSSR count). The van der Waals surface area contributed by atoms with Crippen LogP contribution < -0.4 is 11.1 Å². The van der Waals surface area contributed by atoms with Crippen molar-refractivity contribution in [1.82, 2.24) is 9.59 Å². The minimum absolute atomic E-state index is 0.256. The molecule has 2 aromatic rings. The third kappa shape index (κ3) is 3.25. The van der Waals surface area contributed by atoms with Crippen LogP contribution in [0.15, 0.2) is 18.2 Å². The van der Waals surface area contributed by atoms with Crippen LogP contribution >= 0.6 is 11.5 Å². The summed E-state index contributed by atoms with van der Waals surface area (Å²) in [4.78, 5) is 12.5. The Bertz CT molecular complexity index is 579. The molecule has 0 unspecified atom stereocenters. The number of rotatable bonds is 4. The summed E-state index contributed by atoms with van der Waals surface area (Å²) in [6.45, 7) is 1.99. The summed E-state index contributed by atoms with van der Waals surface area (Å²) < 4.78 is 16.9. The molecule has 0 saturated carbocycles. The Balaban J connectivity index is 2.18. The fourth-order valence-corrected chi connectivity index (χ4v) is 2.26. The summed E-state index contributed by atoms with van der Waals surface area (Å²) in [5.41, 5.74) is 6.75. The summed E-state index contributed by atoms with van der Waals surface area (Å²) in [6, 6.07) is 3.89. The molecule has 0 aliphatic rings. The molecule has 0 aliphatic heterocycles. The van der Waals surface area contributed by atoms with Crippen LogP contribution in [0.25, 0.3) is 0 Å². The van der Waals surface area contributed by atoms with Crippen LogP contribution in [0, 0.1) is 5.82 Å². The molecule has 0 saturated heterocycles. The van der Waals surface area contributed by atoms with Crippen molar-refractivity contribution in [3.63, 3.8) is 0 Å². The first kappa shape index (κ1) is 13.4. The molecule has 7 heteroatoms. The van der Waals surface area contributed by atoms with E-state index in [9.17, 15) is 9.18 Å². The van der Waals surface area contributed by atoms with Crippen LogP contribution in [-0.4, -0.2) is 15.5 Å². The topological polar surface area (TPSA) is 80.9 Å². The Labute approximate surface area is 113 Å². The van der Waals surface area contributed by atoms with Crippen molar-refractivity contribution in [1.29, 1.82) is 0 Å². The van der Waals surface area contributed by atoms with Gasteiger partial charge in [-0.3, -0.25) is 4.79 Å². The number of carbonyl (C=O) groups is 1. The smallest absolute Gasteiger partial charge is 0.269 e. The lowest BCUT2D eigenvalue weighted by Gasteiger charge is -2.05. The predicted molar refractivity (Wildman–Crippen MR) is 72.7 cm³/mol. The number of aryl methyl sites for hydroxylation is 1. The van der Waals surface area contributed by atoms with Crippen molar-refractivity contribution in [2.75, 3.05) is 11.1 Å². The molecule has 5 nitrogen and oxygen atoms in total. The van der Waals surface area contributed by atoms with Crippen molar-refractivity contribution < 1.29 is 9.18 Å². The van der Waals surface area contributed by atoms with Gasteiger partial charge in [0.2, 0.25) is 0 Å². The van der Waals surface area contributed by atoms with Crippen LogP contribution in [0.4, 0.5) is 15.8 Å². The zero-order chi connectivity index (χ0) is 13.8. The Morgan fingerprint density at radius 3 is 2.95 bits per heavy atom. The van der Waals surface area contributed by atoms with Crippen molar-refractivity contribution in [3.05, 3.63) is 34.6 Å². The third-order valence-corrected chi connectivity index (χ3v) is 3.19. The molecule has 1 amide bonds. The lowest BCUT2D eigenvalue weighted by molar-refractivity contribution is 0.102. The van der Waals surface area contributed by atoms with E-state index in [4.69, 9.17) is 5.73 Å². The SMILES string of the molecule is CCCc1nnsc1C(=O)Nc1cc(N)cc(F)c1. The summed E-state index contributed by atoms with van der Waals surface area (Å²) in [7, 11) is 0. The van der Waals surface area contributed by atoms with Crippen molar-refractivity contribution in [2.45, 2.75) is 19.8 Å². The van der Waals surface area contributed by atoms with E-state index in [-0.39, 0.29) is 11.6 Å². The number of amides is 1. The van der Waals surface area contributed by atoms with E-state index in [0.29, 0.717) is 22.7 Å². The van der Waals surface area contributed by atoms with E-state index in [0.717, 1.165) is 18.0 Å². The standard InChI is InChI=1S/C12H13FN4OS/c1-2-3-10-11(19-17-16-10)12(18)15-9-5-7(13)4-8(14)6-9/h4-6H,2-3,14H2,1H3,(H,15,18). The number of nitrogens with two attached hydrogens (primary N) is 1. The van der Waals surface area contributed by atoms with Gasteiger partial charge in [-0.05, 0) is 36.2 Å². The summed E-state index contributed by atoms with van der Waals surface area (Å²) >= 11 is 1.03. The van der Waals surface area contributed by atoms with Gasteiger partial charge in [0.05, 0.1) is 5.69 Å². The number of benzene rings is 1. The first-order valence-electron chi connectivity index (χ1n) is 5.78. The van der Waals surface area contributed by atoms with E-state index in [2.05, 4.69) is 14.9 Å². The average Bonchev–Trinajstić information content (AvgIpc) is 2.76. The van der Waals surface area contributed by atoms with Crippen molar-refractivity contribution in [3.8, 4) is 0 Å². The van der Waals surface area contributed by atoms with Gasteiger partial charge in [-0.15, -0.1) is 5.10 Å². The minimum Gasteiger partial charge on any atom is -0.399 e. The largest absolute Gasteiger partial charge is 0.399 e. The van der Waals surface area contributed by atoms with Gasteiger partial charge >= 0.3 is 0 Å². The van der Waals surface area contributed by atoms with Crippen LogP contribution in [0.3, 0.4) is 0 Å². The fraction of sp³-hybridized carbons (Fsp3) is 0.250. The van der Waals surface area contributed by atoms with Gasteiger partial charge in [0, 0.05) is 11.4 Å². The molecule has 1 aromatic carbocycles. The van der Waals surface area contributed by atoms with Crippen LogP contribution in [0.2, 0.25) is 0 Å². The highest BCUT2D eigenvalue weighted by Gasteiger charge is 2.16. The molecule has 0 spiro atoms. The zero-order valence-electron chi connectivity index (χ0n) is 10.3. The lowest BCUT2D eigenvalue weighted by atomic mass is 10.2. The molecule has 0 atom stereocenters. The molecule has 1 heterocycles. The molecular weight excluding hydrogens is 267 g/mol. The summed E-state index contributed by atoms with van der Waals surface area (Å²) in [6.07, 6.45) is 1.56. The van der Waals surface area contributed by atoms with E-state index < -0.39 is 5.82 Å². The predicted octanol–water partition coefficient (Wildman–Crippen LogP) is 2.46. The van der Waals surface area contributed by atoms with Crippen molar-refractivity contribution in [2.24, 2.45) is 0 Å². The number of halogens is 1. The number of carbonyl (C=O) groups excluding carboxylic acids is 1. The number of hydrogen-bond donors (Lipinski definition) is 2. The van der Waals surface area contributed by atoms with Crippen LogP contribution in [0.5, 0.6) is 0 Å². The highest BCUT2D eigenvalue weighted by Crippen LogP contribution is 2.19. The maximum absolute atomic E-state index is 13.2. The average molecular weight is 280 g/mol. The van der Waals surface area contributed by atoms with E-state index in [1.165, 1.54) is 18.2 Å².